The molecule has 0 fully saturated rings. The van der Waals surface area contributed by atoms with Crippen LogP contribution in [0.2, 0.25) is 15.1 Å². The molecule has 0 radical (unpaired) electrons. The van der Waals surface area contributed by atoms with Gasteiger partial charge in [-0.25, -0.2) is 4.39 Å². The summed E-state index contributed by atoms with van der Waals surface area (Å²) in [5, 5.41) is 4.59. The van der Waals surface area contributed by atoms with Crippen LogP contribution < -0.4 is 5.32 Å². The second kappa shape index (κ2) is 6.48. The molecule has 0 saturated heterocycles. The predicted octanol–water partition coefficient (Wildman–Crippen LogP) is 6.00. The normalized spacial score (nSPS) is 10.6. The molecule has 19 heavy (non-hydrogen) atoms. The molecule has 0 bridgehead atoms. The molecule has 0 aliphatic carbocycles. The van der Waals surface area contributed by atoms with Crippen molar-refractivity contribution < 1.29 is 4.39 Å². The van der Waals surface area contributed by atoms with Crippen LogP contribution in [0.1, 0.15) is 5.56 Å². The summed E-state index contributed by atoms with van der Waals surface area (Å²) in [7, 11) is 0. The van der Waals surface area contributed by atoms with E-state index in [9.17, 15) is 4.39 Å². The molecule has 0 atom stereocenters. The van der Waals surface area contributed by atoms with E-state index in [1.54, 1.807) is 18.2 Å². The minimum atomic E-state index is -0.270. The van der Waals surface area contributed by atoms with E-state index in [0.29, 0.717) is 21.6 Å². The Labute approximate surface area is 139 Å². The molecule has 0 aliphatic rings. The van der Waals surface area contributed by atoms with E-state index in [1.807, 2.05) is 0 Å². The van der Waals surface area contributed by atoms with Gasteiger partial charge in [-0.2, -0.15) is 0 Å². The highest BCUT2D eigenvalue weighted by atomic mass is 127. The molecule has 0 aliphatic heterocycles. The molecule has 0 aromatic heterocycles. The fourth-order valence-electron chi connectivity index (χ4n) is 1.55. The maximum Gasteiger partial charge on any atom is 0.124 e. The lowest BCUT2D eigenvalue weighted by Gasteiger charge is -2.12. The van der Waals surface area contributed by atoms with Gasteiger partial charge in [0, 0.05) is 26.4 Å². The van der Waals surface area contributed by atoms with Crippen LogP contribution in [0, 0.1) is 9.39 Å². The summed E-state index contributed by atoms with van der Waals surface area (Å²) in [6.45, 7) is 0.417. The maximum absolute atomic E-state index is 13.0. The average Bonchev–Trinajstić information content (AvgIpc) is 2.36. The molecule has 0 spiro atoms. The summed E-state index contributed by atoms with van der Waals surface area (Å²) in [6.07, 6.45) is 0. The summed E-state index contributed by atoms with van der Waals surface area (Å²) in [6, 6.07) is 7.86. The van der Waals surface area contributed by atoms with Crippen LogP contribution in [0.3, 0.4) is 0 Å². The summed E-state index contributed by atoms with van der Waals surface area (Å²) < 4.78 is 13.8. The van der Waals surface area contributed by atoms with E-state index in [0.717, 1.165) is 14.8 Å². The Morgan fingerprint density at radius 1 is 1.05 bits per heavy atom. The third-order valence-electron chi connectivity index (χ3n) is 2.53. The highest BCUT2D eigenvalue weighted by Gasteiger charge is 2.10. The zero-order valence-corrected chi connectivity index (χ0v) is 13.9. The molecule has 0 heterocycles. The monoisotopic (exact) mass is 429 g/mol. The lowest BCUT2D eigenvalue weighted by atomic mass is 10.2. The third-order valence-corrected chi connectivity index (χ3v) is 4.62. The molecule has 2 aromatic carbocycles. The van der Waals surface area contributed by atoms with Gasteiger partial charge in [-0.3, -0.25) is 0 Å². The van der Waals surface area contributed by atoms with E-state index in [2.05, 4.69) is 27.9 Å². The van der Waals surface area contributed by atoms with Gasteiger partial charge >= 0.3 is 0 Å². The molecular weight excluding hydrogens is 422 g/mol. The van der Waals surface area contributed by atoms with Crippen molar-refractivity contribution in [1.29, 1.82) is 0 Å². The van der Waals surface area contributed by atoms with Gasteiger partial charge in [0.2, 0.25) is 0 Å². The van der Waals surface area contributed by atoms with E-state index in [1.165, 1.54) is 12.1 Å². The second-order valence-corrected chi connectivity index (χ2v) is 6.15. The topological polar surface area (TPSA) is 12.0 Å². The lowest BCUT2D eigenvalue weighted by molar-refractivity contribution is 0.627. The van der Waals surface area contributed by atoms with Gasteiger partial charge in [0.1, 0.15) is 5.82 Å². The number of halogens is 5. The van der Waals surface area contributed by atoms with Crippen LogP contribution in [0.25, 0.3) is 0 Å². The number of nitrogens with one attached hydrogen (secondary N) is 1. The molecule has 1 nitrogen and oxygen atoms in total. The lowest BCUT2D eigenvalue weighted by Crippen LogP contribution is -2.03. The molecule has 0 saturated carbocycles. The van der Waals surface area contributed by atoms with Gasteiger partial charge < -0.3 is 5.32 Å². The highest BCUT2D eigenvalue weighted by molar-refractivity contribution is 14.1. The Balaban J connectivity index is 2.21. The van der Waals surface area contributed by atoms with Crippen LogP contribution >= 0.6 is 57.4 Å². The molecule has 2 rings (SSSR count). The number of rotatable bonds is 3. The summed E-state index contributed by atoms with van der Waals surface area (Å²) in [5.41, 5.74) is 1.53. The van der Waals surface area contributed by atoms with Gasteiger partial charge in [-0.1, -0.05) is 34.8 Å². The minimum absolute atomic E-state index is 0.270. The first-order valence-electron chi connectivity index (χ1n) is 5.30. The average molecular weight is 430 g/mol. The van der Waals surface area contributed by atoms with Gasteiger partial charge in [0.05, 0.1) is 10.0 Å². The van der Waals surface area contributed by atoms with Crippen LogP contribution in [0.4, 0.5) is 10.1 Å². The molecule has 0 amide bonds. The first kappa shape index (κ1) is 15.2. The van der Waals surface area contributed by atoms with Gasteiger partial charge in [-0.15, -0.1) is 0 Å². The summed E-state index contributed by atoms with van der Waals surface area (Å²) in [5.74, 6) is -0.270. The van der Waals surface area contributed by atoms with E-state index in [-0.39, 0.29) is 5.82 Å². The number of hydrogen-bond acceptors (Lipinski definition) is 1. The van der Waals surface area contributed by atoms with Crippen molar-refractivity contribution in [2.24, 2.45) is 0 Å². The fraction of sp³-hybridized carbons (Fsp3) is 0.0769. The third kappa shape index (κ3) is 3.66. The molecule has 1 N–H and O–H groups in total. The zero-order chi connectivity index (χ0) is 14.0. The minimum Gasteiger partial charge on any atom is -0.380 e. The highest BCUT2D eigenvalue weighted by Crippen LogP contribution is 2.32. The van der Waals surface area contributed by atoms with Crippen molar-refractivity contribution in [1.82, 2.24) is 0 Å². The smallest absolute Gasteiger partial charge is 0.124 e. The zero-order valence-electron chi connectivity index (χ0n) is 9.48. The molecule has 0 unspecified atom stereocenters. The SMILES string of the molecule is Fc1ccc(NCc2c(Cl)ccc(Cl)c2Cl)c(I)c1. The van der Waals surface area contributed by atoms with Gasteiger partial charge in [0.15, 0.2) is 0 Å². The fourth-order valence-corrected chi connectivity index (χ4v) is 2.90. The van der Waals surface area contributed by atoms with Crippen molar-refractivity contribution in [2.45, 2.75) is 6.54 Å². The number of hydrogen-bond donors (Lipinski definition) is 1. The Kier molecular flexibility index (Phi) is 5.17. The van der Waals surface area contributed by atoms with Gasteiger partial charge in [0.25, 0.3) is 0 Å². The molecule has 6 heteroatoms. The van der Waals surface area contributed by atoms with Gasteiger partial charge in [-0.05, 0) is 52.9 Å². The van der Waals surface area contributed by atoms with Crippen LogP contribution in [0.15, 0.2) is 30.3 Å². The standard InChI is InChI=1S/C13H8Cl3FIN/c14-9-2-3-10(15)13(16)8(9)6-19-12-4-1-7(17)5-11(12)18/h1-5,19H,6H2. The Bertz CT molecular complexity index is 619. The van der Waals surface area contributed by atoms with Crippen LogP contribution in [-0.4, -0.2) is 0 Å². The molecule has 100 valence electrons. The Morgan fingerprint density at radius 3 is 2.42 bits per heavy atom. The van der Waals surface area contributed by atoms with Crippen molar-refractivity contribution in [3.63, 3.8) is 0 Å². The molecule has 2 aromatic rings. The van der Waals surface area contributed by atoms with E-state index >= 15 is 0 Å². The van der Waals surface area contributed by atoms with Crippen molar-refractivity contribution in [2.75, 3.05) is 5.32 Å². The predicted molar refractivity (Wildman–Crippen MR) is 87.9 cm³/mol. The number of anilines is 1. The first-order valence-corrected chi connectivity index (χ1v) is 7.51. The Hall–Kier alpha value is -0.230. The quantitative estimate of drug-likeness (QED) is 0.465. The van der Waals surface area contributed by atoms with Crippen molar-refractivity contribution in [3.8, 4) is 0 Å². The van der Waals surface area contributed by atoms with E-state index < -0.39 is 0 Å². The van der Waals surface area contributed by atoms with Crippen molar-refractivity contribution >= 4 is 63.1 Å². The van der Waals surface area contributed by atoms with Crippen molar-refractivity contribution in [3.05, 3.63) is 60.4 Å². The summed E-state index contributed by atoms with van der Waals surface area (Å²) in [4.78, 5) is 0. The summed E-state index contributed by atoms with van der Waals surface area (Å²) >= 11 is 20.2. The maximum atomic E-state index is 13.0. The van der Waals surface area contributed by atoms with Crippen LogP contribution in [0.5, 0.6) is 0 Å². The molecular formula is C13H8Cl3FIN. The number of benzene rings is 2. The second-order valence-electron chi connectivity index (χ2n) is 3.80. The Morgan fingerprint density at radius 2 is 1.74 bits per heavy atom. The largest absolute Gasteiger partial charge is 0.380 e. The van der Waals surface area contributed by atoms with Crippen LogP contribution in [-0.2, 0) is 6.54 Å². The first-order chi connectivity index (χ1) is 8.99. The van der Waals surface area contributed by atoms with E-state index in [4.69, 9.17) is 34.8 Å².